The maximum absolute atomic E-state index is 13.4. The number of imide groups is 1. The van der Waals surface area contributed by atoms with Crippen molar-refractivity contribution in [2.24, 2.45) is 11.8 Å². The van der Waals surface area contributed by atoms with Crippen molar-refractivity contribution in [2.75, 3.05) is 11.9 Å². The molecule has 0 bridgehead atoms. The number of carbonyl (C=O) groups is 3. The van der Waals surface area contributed by atoms with Crippen molar-refractivity contribution in [3.63, 3.8) is 0 Å². The number of benzene rings is 2. The van der Waals surface area contributed by atoms with Crippen LogP contribution in [0.4, 0.5) is 5.69 Å². The summed E-state index contributed by atoms with van der Waals surface area (Å²) in [5.41, 5.74) is 0.947. The Morgan fingerprint density at radius 3 is 2.55 bits per heavy atom. The average molecular weight is 410 g/mol. The molecule has 7 heteroatoms. The SMILES string of the molecule is C[C@H]1N[C@@]2(C(=O)Nc3c(Cl)cccc32)[C@@H]2C(=O)N(CCc3ccccc3)C(=O)[C@@H]21. The van der Waals surface area contributed by atoms with Crippen LogP contribution < -0.4 is 10.6 Å². The van der Waals surface area contributed by atoms with Crippen molar-refractivity contribution in [2.45, 2.75) is 24.9 Å². The lowest BCUT2D eigenvalue weighted by atomic mass is 9.76. The summed E-state index contributed by atoms with van der Waals surface area (Å²) in [6.07, 6.45) is 0.585. The number of fused-ring (bicyclic) bond motifs is 4. The van der Waals surface area contributed by atoms with Gasteiger partial charge in [-0.2, -0.15) is 0 Å². The molecule has 2 aromatic carbocycles. The Hall–Kier alpha value is -2.70. The second-order valence-electron chi connectivity index (χ2n) is 7.92. The van der Waals surface area contributed by atoms with Crippen molar-refractivity contribution >= 4 is 35.0 Å². The smallest absolute Gasteiger partial charge is 0.250 e. The first-order valence-electron chi connectivity index (χ1n) is 9.72. The van der Waals surface area contributed by atoms with E-state index in [0.29, 0.717) is 29.2 Å². The van der Waals surface area contributed by atoms with Crippen molar-refractivity contribution in [3.8, 4) is 0 Å². The molecule has 2 fully saturated rings. The van der Waals surface area contributed by atoms with E-state index in [9.17, 15) is 14.4 Å². The van der Waals surface area contributed by atoms with Gasteiger partial charge in [0, 0.05) is 18.2 Å². The third-order valence-electron chi connectivity index (χ3n) is 6.40. The number of carbonyl (C=O) groups excluding carboxylic acids is 3. The molecule has 2 N–H and O–H groups in total. The van der Waals surface area contributed by atoms with Gasteiger partial charge in [-0.25, -0.2) is 0 Å². The molecular formula is C22H20ClN3O3. The predicted molar refractivity (Wildman–Crippen MR) is 108 cm³/mol. The molecule has 3 amide bonds. The normalized spacial score (nSPS) is 30.1. The second-order valence-corrected chi connectivity index (χ2v) is 8.33. The van der Waals surface area contributed by atoms with Crippen LogP contribution in [-0.2, 0) is 26.3 Å². The van der Waals surface area contributed by atoms with Gasteiger partial charge in [0.1, 0.15) is 5.54 Å². The molecule has 6 nitrogen and oxygen atoms in total. The van der Waals surface area contributed by atoms with Crippen LogP contribution in [0.5, 0.6) is 0 Å². The summed E-state index contributed by atoms with van der Waals surface area (Å²) in [4.78, 5) is 41.0. The van der Waals surface area contributed by atoms with E-state index in [0.717, 1.165) is 5.56 Å². The summed E-state index contributed by atoms with van der Waals surface area (Å²) < 4.78 is 0. The fourth-order valence-electron chi connectivity index (χ4n) is 5.12. The topological polar surface area (TPSA) is 78.5 Å². The number of nitrogens with zero attached hydrogens (tertiary/aromatic N) is 1. The van der Waals surface area contributed by atoms with E-state index in [1.54, 1.807) is 18.2 Å². The molecular weight excluding hydrogens is 390 g/mol. The number of likely N-dealkylation sites (tertiary alicyclic amines) is 1. The highest BCUT2D eigenvalue weighted by Gasteiger charge is 2.69. The molecule has 3 heterocycles. The van der Waals surface area contributed by atoms with E-state index in [4.69, 9.17) is 11.6 Å². The quantitative estimate of drug-likeness (QED) is 0.762. The zero-order valence-electron chi connectivity index (χ0n) is 15.8. The largest absolute Gasteiger partial charge is 0.323 e. The summed E-state index contributed by atoms with van der Waals surface area (Å²) in [7, 11) is 0. The number of rotatable bonds is 3. The Kier molecular flexibility index (Phi) is 4.05. The summed E-state index contributed by atoms with van der Waals surface area (Å²) in [6, 6.07) is 14.7. The maximum Gasteiger partial charge on any atom is 0.250 e. The fraction of sp³-hybridized carbons (Fsp3) is 0.318. The molecule has 5 rings (SSSR count). The van der Waals surface area contributed by atoms with Crippen molar-refractivity contribution in [1.29, 1.82) is 0 Å². The van der Waals surface area contributed by atoms with Gasteiger partial charge in [0.15, 0.2) is 0 Å². The molecule has 29 heavy (non-hydrogen) atoms. The Labute approximate surface area is 173 Å². The molecule has 0 unspecified atom stereocenters. The van der Waals surface area contributed by atoms with E-state index in [2.05, 4.69) is 10.6 Å². The van der Waals surface area contributed by atoms with Crippen LogP contribution >= 0.6 is 11.6 Å². The highest BCUT2D eigenvalue weighted by molar-refractivity contribution is 6.35. The second kappa shape index (κ2) is 6.40. The summed E-state index contributed by atoms with van der Waals surface area (Å²) in [5, 5.41) is 6.52. The lowest BCUT2D eigenvalue weighted by Crippen LogP contribution is -2.53. The van der Waals surface area contributed by atoms with Gasteiger partial charge in [0.05, 0.1) is 22.5 Å². The number of hydrogen-bond acceptors (Lipinski definition) is 4. The molecule has 3 aliphatic heterocycles. The van der Waals surface area contributed by atoms with Crippen LogP contribution in [0.2, 0.25) is 5.02 Å². The lowest BCUT2D eigenvalue weighted by molar-refractivity contribution is -0.142. The van der Waals surface area contributed by atoms with Crippen LogP contribution in [0, 0.1) is 11.8 Å². The maximum atomic E-state index is 13.4. The summed E-state index contributed by atoms with van der Waals surface area (Å²) >= 11 is 6.28. The van der Waals surface area contributed by atoms with Gasteiger partial charge in [-0.1, -0.05) is 54.1 Å². The van der Waals surface area contributed by atoms with Crippen LogP contribution in [0.25, 0.3) is 0 Å². The molecule has 2 aromatic rings. The van der Waals surface area contributed by atoms with Gasteiger partial charge in [-0.15, -0.1) is 0 Å². The van der Waals surface area contributed by atoms with Gasteiger partial charge < -0.3 is 5.32 Å². The van der Waals surface area contributed by atoms with Crippen LogP contribution in [0.1, 0.15) is 18.1 Å². The molecule has 148 valence electrons. The predicted octanol–water partition coefficient (Wildman–Crippen LogP) is 2.32. The fourth-order valence-corrected chi connectivity index (χ4v) is 5.34. The molecule has 3 aliphatic rings. The number of amides is 3. The van der Waals surface area contributed by atoms with Crippen LogP contribution in [0.15, 0.2) is 48.5 Å². The molecule has 2 saturated heterocycles. The number of halogens is 1. The first kappa shape index (κ1) is 18.3. The Bertz CT molecular complexity index is 1040. The molecule has 1 spiro atoms. The number of hydrogen-bond donors (Lipinski definition) is 2. The minimum atomic E-state index is -1.27. The Morgan fingerprint density at radius 1 is 1.03 bits per heavy atom. The zero-order valence-corrected chi connectivity index (χ0v) is 16.6. The summed E-state index contributed by atoms with van der Waals surface area (Å²) in [6.45, 7) is 2.16. The number of nitrogens with one attached hydrogen (secondary N) is 2. The highest BCUT2D eigenvalue weighted by atomic mass is 35.5. The minimum absolute atomic E-state index is 0.212. The van der Waals surface area contributed by atoms with Gasteiger partial charge >= 0.3 is 0 Å². The van der Waals surface area contributed by atoms with Gasteiger partial charge in [-0.3, -0.25) is 24.6 Å². The van der Waals surface area contributed by atoms with E-state index >= 15 is 0 Å². The standard InChI is InChI=1S/C22H20ClN3O3/c1-12-16-17(20(28)26(19(16)27)11-10-13-6-3-2-4-7-13)22(25-12)14-8-5-9-15(23)18(14)24-21(22)29/h2-9,12,16-17,25H,10-11H2,1H3,(H,24,29)/t12-,16-,17+,22-/m1/s1. The lowest BCUT2D eigenvalue weighted by Gasteiger charge is -2.29. The molecule has 0 radical (unpaired) electrons. The molecule has 0 aliphatic carbocycles. The third kappa shape index (κ3) is 2.42. The average Bonchev–Trinajstić information content (AvgIpc) is 3.27. The van der Waals surface area contributed by atoms with E-state index in [1.165, 1.54) is 4.90 Å². The first-order chi connectivity index (χ1) is 13.9. The van der Waals surface area contributed by atoms with E-state index in [-0.39, 0.29) is 23.8 Å². The van der Waals surface area contributed by atoms with Gasteiger partial charge in [0.2, 0.25) is 17.7 Å². The van der Waals surface area contributed by atoms with Crippen molar-refractivity contribution in [1.82, 2.24) is 10.2 Å². The van der Waals surface area contributed by atoms with E-state index in [1.807, 2.05) is 37.3 Å². The molecule has 0 saturated carbocycles. The van der Waals surface area contributed by atoms with E-state index < -0.39 is 17.4 Å². The molecule has 0 aromatic heterocycles. The van der Waals surface area contributed by atoms with Crippen molar-refractivity contribution in [3.05, 3.63) is 64.7 Å². The Balaban J connectivity index is 1.52. The molecule has 4 atom stereocenters. The van der Waals surface area contributed by atoms with Gasteiger partial charge in [-0.05, 0) is 25.0 Å². The third-order valence-corrected chi connectivity index (χ3v) is 6.72. The van der Waals surface area contributed by atoms with Crippen molar-refractivity contribution < 1.29 is 14.4 Å². The number of anilines is 1. The minimum Gasteiger partial charge on any atom is -0.323 e. The summed E-state index contributed by atoms with van der Waals surface area (Å²) in [5.74, 6) is -2.19. The zero-order chi connectivity index (χ0) is 20.3. The highest BCUT2D eigenvalue weighted by Crippen LogP contribution is 2.53. The Morgan fingerprint density at radius 2 is 1.79 bits per heavy atom. The van der Waals surface area contributed by atoms with Crippen LogP contribution in [0.3, 0.4) is 0 Å². The monoisotopic (exact) mass is 409 g/mol. The van der Waals surface area contributed by atoms with Gasteiger partial charge in [0.25, 0.3) is 0 Å². The number of para-hydroxylation sites is 1. The van der Waals surface area contributed by atoms with Crippen LogP contribution in [-0.4, -0.2) is 35.2 Å². The first-order valence-corrected chi connectivity index (χ1v) is 10.1.